The smallest absolute Gasteiger partial charge is 0.329 e. The normalized spacial score (nSPS) is 12.9. The maximum absolute atomic E-state index is 12.8. The Bertz CT molecular complexity index is 1250. The molecule has 1 unspecified atom stereocenters. The molecule has 3 rings (SSSR count). The molecular formula is C22H28N4O5S2. The second kappa shape index (κ2) is 10.0. The number of carbonyl (C=O) groups is 2. The first-order valence-corrected chi connectivity index (χ1v) is 12.8. The maximum Gasteiger partial charge on any atom is 0.329 e. The van der Waals surface area contributed by atoms with Crippen LogP contribution in [0, 0.1) is 5.92 Å². The van der Waals surface area contributed by atoms with Crippen molar-refractivity contribution in [2.45, 2.75) is 44.9 Å². The van der Waals surface area contributed by atoms with Gasteiger partial charge in [-0.05, 0) is 42.5 Å². The van der Waals surface area contributed by atoms with Gasteiger partial charge in [0, 0.05) is 20.6 Å². The average Bonchev–Trinajstić information content (AvgIpc) is 3.42. The number of nitrogens with zero attached hydrogens (tertiary/aromatic N) is 3. The lowest BCUT2D eigenvalue weighted by Gasteiger charge is -2.20. The summed E-state index contributed by atoms with van der Waals surface area (Å²) < 4.78 is 33.4. The van der Waals surface area contributed by atoms with Crippen molar-refractivity contribution in [2.24, 2.45) is 5.92 Å². The number of thiophene rings is 1. The van der Waals surface area contributed by atoms with Crippen molar-refractivity contribution < 1.29 is 22.7 Å². The second-order valence-electron chi connectivity index (χ2n) is 7.99. The fourth-order valence-electron chi connectivity index (χ4n) is 3.34. The zero-order valence-corrected chi connectivity index (χ0v) is 20.9. The van der Waals surface area contributed by atoms with Crippen LogP contribution in [0.1, 0.15) is 36.3 Å². The summed E-state index contributed by atoms with van der Waals surface area (Å²) in [5.74, 6) is -0.561. The van der Waals surface area contributed by atoms with Crippen molar-refractivity contribution in [1.29, 1.82) is 0 Å². The van der Waals surface area contributed by atoms with Crippen LogP contribution in [0.5, 0.6) is 0 Å². The molecule has 1 N–H and O–H groups in total. The fraction of sp³-hybridized carbons (Fsp3) is 0.409. The Hall–Kier alpha value is -2.76. The van der Waals surface area contributed by atoms with Crippen molar-refractivity contribution in [2.75, 3.05) is 14.1 Å². The van der Waals surface area contributed by atoms with Gasteiger partial charge in [-0.1, -0.05) is 19.9 Å². The van der Waals surface area contributed by atoms with E-state index >= 15 is 0 Å². The molecule has 0 aliphatic carbocycles. The van der Waals surface area contributed by atoms with Crippen LogP contribution in [0.3, 0.4) is 0 Å². The first kappa shape index (κ1) is 24.9. The summed E-state index contributed by atoms with van der Waals surface area (Å²) in [6.07, 6.45) is 0. The van der Waals surface area contributed by atoms with Crippen molar-refractivity contribution in [3.63, 3.8) is 0 Å². The Morgan fingerprint density at radius 2 is 1.97 bits per heavy atom. The summed E-state index contributed by atoms with van der Waals surface area (Å²) in [7, 11) is -0.657. The Labute approximate surface area is 197 Å². The number of aromatic nitrogens is 2. The number of sulfonamides is 1. The number of hydrogen-bond donors (Lipinski definition) is 1. The van der Waals surface area contributed by atoms with E-state index in [1.54, 1.807) is 23.6 Å². The minimum absolute atomic E-state index is 0.102. The molecule has 1 aromatic carbocycles. The molecule has 3 aromatic rings. The van der Waals surface area contributed by atoms with E-state index in [0.717, 1.165) is 9.82 Å². The van der Waals surface area contributed by atoms with E-state index in [9.17, 15) is 18.0 Å². The summed E-state index contributed by atoms with van der Waals surface area (Å²) in [4.78, 5) is 30.4. The summed E-state index contributed by atoms with van der Waals surface area (Å²) in [6, 6.07) is 7.40. The van der Waals surface area contributed by atoms with Gasteiger partial charge in [0.05, 0.1) is 20.8 Å². The van der Waals surface area contributed by atoms with Gasteiger partial charge in [-0.3, -0.25) is 4.79 Å². The highest BCUT2D eigenvalue weighted by molar-refractivity contribution is 7.89. The van der Waals surface area contributed by atoms with Crippen LogP contribution in [0.2, 0.25) is 0 Å². The molecule has 0 fully saturated rings. The zero-order chi connectivity index (χ0) is 24.3. The standard InChI is InChI=1S/C22H28N4O5S2/c1-6-26-17-10-9-15(33(29,30)25(4)5)12-16(17)23-19(26)13-31-22(28)20(14(2)3)24-21(27)18-8-7-11-32-18/h7-12,14,20H,6,13H2,1-5H3,(H,24,27). The number of benzene rings is 1. The van der Waals surface area contributed by atoms with Crippen LogP contribution >= 0.6 is 11.3 Å². The third-order valence-electron chi connectivity index (χ3n) is 5.19. The zero-order valence-electron chi connectivity index (χ0n) is 19.2. The van der Waals surface area contributed by atoms with Gasteiger partial charge in [0.1, 0.15) is 18.5 Å². The van der Waals surface area contributed by atoms with E-state index in [1.807, 2.05) is 25.3 Å². The SMILES string of the molecule is CCn1c(COC(=O)C(NC(=O)c2cccs2)C(C)C)nc2cc(S(=O)(=O)N(C)C)ccc21. The summed E-state index contributed by atoms with van der Waals surface area (Å²) in [5.41, 5.74) is 1.24. The number of hydrogen-bond acceptors (Lipinski definition) is 7. The van der Waals surface area contributed by atoms with Crippen molar-refractivity contribution >= 4 is 44.3 Å². The molecule has 1 atom stereocenters. The number of rotatable bonds is 9. The number of ether oxygens (including phenoxy) is 1. The highest BCUT2D eigenvalue weighted by atomic mass is 32.2. The maximum atomic E-state index is 12.8. The lowest BCUT2D eigenvalue weighted by atomic mass is 10.0. The van der Waals surface area contributed by atoms with E-state index in [0.29, 0.717) is 22.8 Å². The minimum atomic E-state index is -3.60. The molecule has 2 heterocycles. The van der Waals surface area contributed by atoms with E-state index in [2.05, 4.69) is 10.3 Å². The second-order valence-corrected chi connectivity index (χ2v) is 11.1. The summed E-state index contributed by atoms with van der Waals surface area (Å²) >= 11 is 1.30. The van der Waals surface area contributed by atoms with Crippen LogP contribution in [-0.2, 0) is 32.7 Å². The van der Waals surface area contributed by atoms with E-state index in [-0.39, 0.29) is 23.3 Å². The molecule has 0 aliphatic rings. The number of fused-ring (bicyclic) bond motifs is 1. The minimum Gasteiger partial charge on any atom is -0.456 e. The topological polar surface area (TPSA) is 111 Å². The first-order chi connectivity index (χ1) is 15.6. The molecule has 0 aliphatic heterocycles. The number of aryl methyl sites for hydroxylation is 1. The molecule has 0 radical (unpaired) electrons. The molecule has 0 saturated heterocycles. The Morgan fingerprint density at radius 1 is 1.24 bits per heavy atom. The van der Waals surface area contributed by atoms with Crippen molar-refractivity contribution in [3.05, 3.63) is 46.4 Å². The molecule has 2 aromatic heterocycles. The predicted molar refractivity (Wildman–Crippen MR) is 126 cm³/mol. The number of amides is 1. The van der Waals surface area contributed by atoms with Gasteiger partial charge in [-0.15, -0.1) is 11.3 Å². The van der Waals surface area contributed by atoms with Gasteiger partial charge < -0.3 is 14.6 Å². The van der Waals surface area contributed by atoms with Gasteiger partial charge >= 0.3 is 5.97 Å². The highest BCUT2D eigenvalue weighted by Crippen LogP contribution is 2.23. The van der Waals surface area contributed by atoms with Crippen molar-refractivity contribution in [1.82, 2.24) is 19.2 Å². The van der Waals surface area contributed by atoms with E-state index < -0.39 is 22.0 Å². The Kier molecular flexibility index (Phi) is 7.55. The number of esters is 1. The van der Waals surface area contributed by atoms with Gasteiger partial charge in [-0.25, -0.2) is 22.5 Å². The van der Waals surface area contributed by atoms with Crippen LogP contribution in [0.4, 0.5) is 0 Å². The van der Waals surface area contributed by atoms with Gasteiger partial charge in [0.15, 0.2) is 0 Å². The van der Waals surface area contributed by atoms with Crippen molar-refractivity contribution in [3.8, 4) is 0 Å². The van der Waals surface area contributed by atoms with E-state index in [1.165, 1.54) is 37.6 Å². The lowest BCUT2D eigenvalue weighted by molar-refractivity contribution is -0.148. The Balaban J connectivity index is 1.80. The lowest BCUT2D eigenvalue weighted by Crippen LogP contribution is -2.45. The molecular weight excluding hydrogens is 464 g/mol. The van der Waals surface area contributed by atoms with Gasteiger partial charge in [0.2, 0.25) is 10.0 Å². The molecule has 0 spiro atoms. The van der Waals surface area contributed by atoms with Gasteiger partial charge in [0.25, 0.3) is 5.91 Å². The van der Waals surface area contributed by atoms with Crippen LogP contribution < -0.4 is 5.32 Å². The number of imidazole rings is 1. The molecule has 1 amide bonds. The average molecular weight is 493 g/mol. The molecule has 0 saturated carbocycles. The summed E-state index contributed by atoms with van der Waals surface area (Å²) in [5, 5.41) is 4.54. The molecule has 33 heavy (non-hydrogen) atoms. The third kappa shape index (κ3) is 5.26. The molecule has 178 valence electrons. The fourth-order valence-corrected chi connectivity index (χ4v) is 4.89. The molecule has 11 heteroatoms. The summed E-state index contributed by atoms with van der Waals surface area (Å²) in [6.45, 7) is 6.04. The van der Waals surface area contributed by atoms with Crippen LogP contribution in [-0.4, -0.2) is 54.3 Å². The quantitative estimate of drug-likeness (QED) is 0.460. The molecule has 0 bridgehead atoms. The van der Waals surface area contributed by atoms with Crippen LogP contribution in [0.25, 0.3) is 11.0 Å². The predicted octanol–water partition coefficient (Wildman–Crippen LogP) is 2.87. The monoisotopic (exact) mass is 492 g/mol. The van der Waals surface area contributed by atoms with Gasteiger partial charge in [-0.2, -0.15) is 0 Å². The molecule has 9 nitrogen and oxygen atoms in total. The number of nitrogens with one attached hydrogen (secondary N) is 1. The van der Waals surface area contributed by atoms with E-state index in [4.69, 9.17) is 4.74 Å². The Morgan fingerprint density at radius 3 is 2.55 bits per heavy atom. The largest absolute Gasteiger partial charge is 0.456 e. The first-order valence-electron chi connectivity index (χ1n) is 10.5. The third-order valence-corrected chi connectivity index (χ3v) is 7.87. The van der Waals surface area contributed by atoms with Crippen LogP contribution in [0.15, 0.2) is 40.6 Å². The number of carbonyl (C=O) groups excluding carboxylic acids is 2. The highest BCUT2D eigenvalue weighted by Gasteiger charge is 2.27.